The van der Waals surface area contributed by atoms with Crippen LogP contribution in [0.4, 0.5) is 4.79 Å². The molecule has 7 heteroatoms. The van der Waals surface area contributed by atoms with E-state index in [1.54, 1.807) is 17.0 Å². The Bertz CT molecular complexity index is 773. The normalized spacial score (nSPS) is 16.3. The minimum absolute atomic E-state index is 0.0577. The van der Waals surface area contributed by atoms with Crippen LogP contribution in [0.25, 0.3) is 0 Å². The molecule has 2 amide bonds. The highest BCUT2D eigenvalue weighted by molar-refractivity contribution is 6.29. The first kappa shape index (κ1) is 18.3. The van der Waals surface area contributed by atoms with E-state index in [1.165, 1.54) is 0 Å². The van der Waals surface area contributed by atoms with Gasteiger partial charge >= 0.3 is 6.03 Å². The van der Waals surface area contributed by atoms with Crippen LogP contribution in [0, 0.1) is 0 Å². The maximum Gasteiger partial charge on any atom is 0.318 e. The lowest BCUT2D eigenvalue weighted by molar-refractivity contribution is 0.0586. The van der Waals surface area contributed by atoms with Crippen molar-refractivity contribution in [1.82, 2.24) is 10.2 Å². The van der Waals surface area contributed by atoms with Crippen molar-refractivity contribution in [1.29, 1.82) is 0 Å². The van der Waals surface area contributed by atoms with Crippen LogP contribution in [0.15, 0.2) is 52.0 Å². The van der Waals surface area contributed by atoms with E-state index in [2.05, 4.69) is 10.5 Å². The van der Waals surface area contributed by atoms with Gasteiger partial charge in [-0.25, -0.2) is 4.79 Å². The van der Waals surface area contributed by atoms with Crippen molar-refractivity contribution in [2.45, 2.75) is 39.0 Å². The fraction of sp³-hybridized carbons (Fsp3) is 0.368. The van der Waals surface area contributed by atoms with Crippen molar-refractivity contribution in [3.05, 3.63) is 59.0 Å². The summed E-state index contributed by atoms with van der Waals surface area (Å²) in [6, 6.07) is 13.2. The first-order valence-corrected chi connectivity index (χ1v) is 8.97. The number of oxime groups is 1. The second-order valence-electron chi connectivity index (χ2n) is 6.54. The fourth-order valence-electron chi connectivity index (χ4n) is 2.75. The van der Waals surface area contributed by atoms with Crippen LogP contribution in [0.2, 0.25) is 5.22 Å². The summed E-state index contributed by atoms with van der Waals surface area (Å²) in [4.78, 5) is 19.8. The van der Waals surface area contributed by atoms with Crippen LogP contribution < -0.4 is 5.32 Å². The van der Waals surface area contributed by atoms with Gasteiger partial charge in [0.25, 0.3) is 0 Å². The highest BCUT2D eigenvalue weighted by atomic mass is 35.5. The molecule has 0 saturated carbocycles. The summed E-state index contributed by atoms with van der Waals surface area (Å²) in [6.45, 7) is 4.80. The van der Waals surface area contributed by atoms with Crippen LogP contribution in [-0.2, 0) is 11.4 Å². The van der Waals surface area contributed by atoms with E-state index in [0.29, 0.717) is 36.2 Å². The Balaban J connectivity index is 1.65. The molecule has 1 aliphatic heterocycles. The minimum atomic E-state index is -0.226. The number of furan rings is 1. The molecule has 6 nitrogen and oxygen atoms in total. The van der Waals surface area contributed by atoms with E-state index < -0.39 is 0 Å². The van der Waals surface area contributed by atoms with Gasteiger partial charge in [-0.05, 0) is 43.1 Å². The van der Waals surface area contributed by atoms with Crippen LogP contribution in [0.3, 0.4) is 0 Å². The Morgan fingerprint density at radius 3 is 2.73 bits per heavy atom. The van der Waals surface area contributed by atoms with Gasteiger partial charge in [0, 0.05) is 19.0 Å². The number of urea groups is 1. The van der Waals surface area contributed by atoms with Gasteiger partial charge in [-0.3, -0.25) is 0 Å². The summed E-state index contributed by atoms with van der Waals surface area (Å²) in [7, 11) is 0. The number of nitrogens with one attached hydrogen (secondary N) is 1. The number of hydrogen-bond donors (Lipinski definition) is 1. The monoisotopic (exact) mass is 375 g/mol. The second kappa shape index (κ2) is 8.27. The Morgan fingerprint density at radius 2 is 2.08 bits per heavy atom. The zero-order valence-electron chi connectivity index (χ0n) is 14.8. The van der Waals surface area contributed by atoms with Crippen LogP contribution >= 0.6 is 11.6 Å². The SMILES string of the molecule is CC(C)NC(=O)N(Cc1ccccc1)C[C@H]1CC(c2ccc(Cl)o2)=NO1. The third-order valence-corrected chi connectivity index (χ3v) is 4.13. The maximum atomic E-state index is 12.6. The molecule has 0 unspecified atom stereocenters. The number of carbonyl (C=O) groups is 1. The lowest BCUT2D eigenvalue weighted by Crippen LogP contribution is -2.45. The lowest BCUT2D eigenvalue weighted by atomic mass is 10.1. The second-order valence-corrected chi connectivity index (χ2v) is 6.92. The summed E-state index contributed by atoms with van der Waals surface area (Å²) in [5, 5.41) is 7.34. The molecule has 2 heterocycles. The average molecular weight is 376 g/mol. The molecular formula is C19H22ClN3O3. The van der Waals surface area contributed by atoms with Crippen molar-refractivity contribution in [3.8, 4) is 0 Å². The third-order valence-electron chi connectivity index (χ3n) is 3.93. The molecule has 0 radical (unpaired) electrons. The summed E-state index contributed by atoms with van der Waals surface area (Å²) >= 11 is 5.82. The van der Waals surface area contributed by atoms with Crippen LogP contribution in [0.5, 0.6) is 0 Å². The van der Waals surface area contributed by atoms with Gasteiger partial charge in [0.15, 0.2) is 17.1 Å². The van der Waals surface area contributed by atoms with Gasteiger partial charge in [-0.1, -0.05) is 35.5 Å². The molecule has 26 heavy (non-hydrogen) atoms. The lowest BCUT2D eigenvalue weighted by Gasteiger charge is -2.26. The molecule has 3 rings (SSSR count). The Hall–Kier alpha value is -2.47. The van der Waals surface area contributed by atoms with E-state index in [1.807, 2.05) is 44.2 Å². The van der Waals surface area contributed by atoms with E-state index >= 15 is 0 Å². The fourth-order valence-corrected chi connectivity index (χ4v) is 2.89. The third kappa shape index (κ3) is 4.79. The van der Waals surface area contributed by atoms with Gasteiger partial charge < -0.3 is 19.5 Å². The highest BCUT2D eigenvalue weighted by Gasteiger charge is 2.28. The number of nitrogens with zero attached hydrogens (tertiary/aromatic N) is 2. The van der Waals surface area contributed by atoms with Crippen molar-refractivity contribution < 1.29 is 14.0 Å². The minimum Gasteiger partial charge on any atom is -0.443 e. The first-order valence-electron chi connectivity index (χ1n) is 8.59. The maximum absolute atomic E-state index is 12.6. The van der Waals surface area contributed by atoms with E-state index in [9.17, 15) is 4.79 Å². The topological polar surface area (TPSA) is 67.1 Å². The molecule has 0 fully saturated rings. The standard InChI is InChI=1S/C19H22ClN3O3/c1-13(2)21-19(24)23(11-14-6-4-3-5-7-14)12-15-10-16(22-26-15)17-8-9-18(20)25-17/h3-9,13,15H,10-12H2,1-2H3,(H,21,24)/t15-/m1/s1. The molecular weight excluding hydrogens is 354 g/mol. The summed E-state index contributed by atoms with van der Waals surface area (Å²) in [6.07, 6.45) is 0.333. The predicted molar refractivity (Wildman–Crippen MR) is 100 cm³/mol. The Kier molecular flexibility index (Phi) is 5.83. The smallest absolute Gasteiger partial charge is 0.318 e. The van der Waals surface area contributed by atoms with Gasteiger partial charge in [0.1, 0.15) is 5.71 Å². The quantitative estimate of drug-likeness (QED) is 0.828. The van der Waals surface area contributed by atoms with Crippen LogP contribution in [0.1, 0.15) is 31.6 Å². The zero-order valence-corrected chi connectivity index (χ0v) is 15.6. The predicted octanol–water partition coefficient (Wildman–Crippen LogP) is 4.05. The molecule has 1 aliphatic rings. The van der Waals surface area contributed by atoms with Crippen molar-refractivity contribution in [3.63, 3.8) is 0 Å². The van der Waals surface area contributed by atoms with Crippen molar-refractivity contribution >= 4 is 23.3 Å². The molecule has 2 aromatic rings. The number of hydrogen-bond acceptors (Lipinski definition) is 4. The molecule has 0 aliphatic carbocycles. The zero-order chi connectivity index (χ0) is 18.5. The number of halogens is 1. The summed E-state index contributed by atoms with van der Waals surface area (Å²) in [5.41, 5.74) is 1.76. The van der Waals surface area contributed by atoms with Crippen LogP contribution in [-0.4, -0.2) is 35.3 Å². The van der Waals surface area contributed by atoms with E-state index in [0.717, 1.165) is 5.56 Å². The average Bonchev–Trinajstić information content (AvgIpc) is 3.23. The first-order chi connectivity index (χ1) is 12.5. The summed E-state index contributed by atoms with van der Waals surface area (Å²) < 4.78 is 5.38. The van der Waals surface area contributed by atoms with Crippen molar-refractivity contribution in [2.75, 3.05) is 6.54 Å². The molecule has 0 spiro atoms. The molecule has 1 N–H and O–H groups in total. The highest BCUT2D eigenvalue weighted by Crippen LogP contribution is 2.22. The summed E-state index contributed by atoms with van der Waals surface area (Å²) in [5.74, 6) is 0.596. The van der Waals surface area contributed by atoms with Gasteiger partial charge in [0.05, 0.1) is 6.54 Å². The number of rotatable bonds is 6. The van der Waals surface area contributed by atoms with Crippen molar-refractivity contribution in [2.24, 2.45) is 5.16 Å². The number of amides is 2. The van der Waals surface area contributed by atoms with Gasteiger partial charge in [-0.15, -0.1) is 0 Å². The molecule has 1 aromatic heterocycles. The van der Waals surface area contributed by atoms with E-state index in [-0.39, 0.29) is 18.2 Å². The van der Waals surface area contributed by atoms with Gasteiger partial charge in [-0.2, -0.15) is 0 Å². The van der Waals surface area contributed by atoms with E-state index in [4.69, 9.17) is 20.9 Å². The largest absolute Gasteiger partial charge is 0.443 e. The molecule has 0 saturated heterocycles. The number of carbonyl (C=O) groups excluding carboxylic acids is 1. The molecule has 138 valence electrons. The number of benzene rings is 1. The Morgan fingerprint density at radius 1 is 1.31 bits per heavy atom. The Labute approximate surface area is 157 Å². The molecule has 1 aromatic carbocycles. The molecule has 1 atom stereocenters. The van der Waals surface area contributed by atoms with Gasteiger partial charge in [0.2, 0.25) is 0 Å². The molecule has 0 bridgehead atoms.